The summed E-state index contributed by atoms with van der Waals surface area (Å²) in [6.07, 6.45) is 0. The van der Waals surface area contributed by atoms with E-state index in [1.165, 1.54) is 0 Å². The molecule has 3 N–H and O–H groups in total. The van der Waals surface area contributed by atoms with Crippen molar-refractivity contribution in [2.45, 2.75) is 0 Å². The van der Waals surface area contributed by atoms with Crippen LogP contribution >= 0.6 is 0 Å². The predicted octanol–water partition coefficient (Wildman–Crippen LogP) is 4.45. The minimum absolute atomic E-state index is 0.505. The van der Waals surface area contributed by atoms with Crippen molar-refractivity contribution in [3.8, 4) is 17.2 Å². The van der Waals surface area contributed by atoms with Crippen LogP contribution in [-0.2, 0) is 0 Å². The first kappa shape index (κ1) is 14.6. The van der Waals surface area contributed by atoms with Gasteiger partial charge in [0.05, 0.1) is 11.0 Å². The first-order chi connectivity index (χ1) is 11.8. The Balaban J connectivity index is 1.70. The second-order valence-corrected chi connectivity index (χ2v) is 5.59. The van der Waals surface area contributed by atoms with Crippen molar-refractivity contribution >= 4 is 21.8 Å². The van der Waals surface area contributed by atoms with E-state index in [2.05, 4.69) is 17.1 Å². The number of nitrogens with two attached hydrogens (primary N) is 1. The normalized spacial score (nSPS) is 11.0. The molecule has 120 valence electrons. The van der Waals surface area contributed by atoms with E-state index < -0.39 is 0 Å². The highest BCUT2D eigenvalue weighted by Crippen LogP contribution is 2.32. The molecule has 1 aromatic heterocycles. The predicted molar refractivity (Wildman–Crippen MR) is 96.9 cm³/mol. The molecule has 3 aromatic carbocycles. The molecule has 0 unspecified atom stereocenters. The number of nitrogens with one attached hydrogen (secondary N) is 1. The standard InChI is InChI=1S/C20H18N2O2/c21-10-11-23-15-6-8-17-18-9-7-16(13-20(18)22-19(17)12-15)24-14-4-2-1-3-5-14/h1-9,12-13,22H,10-11,21H2. The van der Waals surface area contributed by atoms with E-state index in [4.69, 9.17) is 15.2 Å². The minimum atomic E-state index is 0.505. The number of H-pyrrole nitrogens is 1. The van der Waals surface area contributed by atoms with Gasteiger partial charge < -0.3 is 20.2 Å². The van der Waals surface area contributed by atoms with Gasteiger partial charge in [0.1, 0.15) is 23.9 Å². The molecule has 4 aromatic rings. The number of aromatic amines is 1. The van der Waals surface area contributed by atoms with Gasteiger partial charge in [0.15, 0.2) is 0 Å². The molecule has 4 rings (SSSR count). The molecule has 24 heavy (non-hydrogen) atoms. The number of hydrogen-bond donors (Lipinski definition) is 2. The molecule has 0 aliphatic rings. The fourth-order valence-electron chi connectivity index (χ4n) is 2.82. The van der Waals surface area contributed by atoms with Gasteiger partial charge in [-0.2, -0.15) is 0 Å². The third kappa shape index (κ3) is 2.79. The average molecular weight is 318 g/mol. The lowest BCUT2D eigenvalue weighted by Crippen LogP contribution is -2.10. The Morgan fingerprint density at radius 2 is 1.42 bits per heavy atom. The molecule has 0 saturated carbocycles. The van der Waals surface area contributed by atoms with E-state index in [1.54, 1.807) is 0 Å². The third-order valence-corrected chi connectivity index (χ3v) is 3.91. The Morgan fingerprint density at radius 3 is 2.12 bits per heavy atom. The molecular weight excluding hydrogens is 300 g/mol. The lowest BCUT2D eigenvalue weighted by atomic mass is 10.1. The monoisotopic (exact) mass is 318 g/mol. The average Bonchev–Trinajstić information content (AvgIpc) is 2.97. The summed E-state index contributed by atoms with van der Waals surface area (Å²) in [5.74, 6) is 2.45. The van der Waals surface area contributed by atoms with E-state index in [0.717, 1.165) is 39.1 Å². The van der Waals surface area contributed by atoms with Gasteiger partial charge in [0.2, 0.25) is 0 Å². The minimum Gasteiger partial charge on any atom is -0.492 e. The molecule has 0 saturated heterocycles. The van der Waals surface area contributed by atoms with E-state index in [9.17, 15) is 0 Å². The Labute approximate surface area is 139 Å². The molecule has 0 fully saturated rings. The summed E-state index contributed by atoms with van der Waals surface area (Å²) < 4.78 is 11.5. The number of para-hydroxylation sites is 1. The van der Waals surface area contributed by atoms with Gasteiger partial charge in [0, 0.05) is 29.4 Å². The van der Waals surface area contributed by atoms with Gasteiger partial charge in [-0.3, -0.25) is 0 Å². The highest BCUT2D eigenvalue weighted by atomic mass is 16.5. The molecule has 4 heteroatoms. The molecule has 0 aliphatic heterocycles. The van der Waals surface area contributed by atoms with E-state index in [0.29, 0.717) is 13.2 Å². The first-order valence-electron chi connectivity index (χ1n) is 7.95. The number of hydrogen-bond acceptors (Lipinski definition) is 3. The Bertz CT molecular complexity index is 977. The largest absolute Gasteiger partial charge is 0.492 e. The Hall–Kier alpha value is -2.98. The summed E-state index contributed by atoms with van der Waals surface area (Å²) in [6.45, 7) is 1.02. The van der Waals surface area contributed by atoms with Crippen molar-refractivity contribution < 1.29 is 9.47 Å². The summed E-state index contributed by atoms with van der Waals surface area (Å²) in [7, 11) is 0. The molecule has 0 aliphatic carbocycles. The highest BCUT2D eigenvalue weighted by molar-refractivity contribution is 6.07. The Morgan fingerprint density at radius 1 is 0.750 bits per heavy atom. The summed E-state index contributed by atoms with van der Waals surface area (Å²) >= 11 is 0. The van der Waals surface area contributed by atoms with E-state index >= 15 is 0 Å². The molecule has 0 radical (unpaired) electrons. The van der Waals surface area contributed by atoms with Crippen LogP contribution in [0, 0.1) is 0 Å². The maximum atomic E-state index is 5.90. The maximum Gasteiger partial charge on any atom is 0.129 e. The second kappa shape index (κ2) is 6.26. The van der Waals surface area contributed by atoms with Crippen molar-refractivity contribution in [2.75, 3.05) is 13.2 Å². The van der Waals surface area contributed by atoms with Crippen LogP contribution in [0.15, 0.2) is 66.7 Å². The zero-order valence-electron chi connectivity index (χ0n) is 13.2. The van der Waals surface area contributed by atoms with Crippen LogP contribution in [0.25, 0.3) is 21.8 Å². The van der Waals surface area contributed by atoms with E-state index in [-0.39, 0.29) is 0 Å². The van der Waals surface area contributed by atoms with Crippen LogP contribution < -0.4 is 15.2 Å². The van der Waals surface area contributed by atoms with E-state index in [1.807, 2.05) is 54.6 Å². The summed E-state index contributed by atoms with van der Waals surface area (Å²) in [6, 6.07) is 21.9. The van der Waals surface area contributed by atoms with Crippen LogP contribution in [0.4, 0.5) is 0 Å². The maximum absolute atomic E-state index is 5.90. The van der Waals surface area contributed by atoms with Gasteiger partial charge in [-0.15, -0.1) is 0 Å². The summed E-state index contributed by atoms with van der Waals surface area (Å²) in [4.78, 5) is 3.43. The fraction of sp³-hybridized carbons (Fsp3) is 0.100. The SMILES string of the molecule is NCCOc1ccc2c(c1)[nH]c1cc(Oc3ccccc3)ccc12. The fourth-order valence-corrected chi connectivity index (χ4v) is 2.82. The number of aromatic nitrogens is 1. The lowest BCUT2D eigenvalue weighted by Gasteiger charge is -2.05. The van der Waals surface area contributed by atoms with Crippen molar-refractivity contribution in [1.82, 2.24) is 4.98 Å². The summed E-state index contributed by atoms with van der Waals surface area (Å²) in [5.41, 5.74) is 7.56. The molecule has 1 heterocycles. The zero-order valence-corrected chi connectivity index (χ0v) is 13.2. The molecule has 0 spiro atoms. The van der Waals surface area contributed by atoms with Crippen molar-refractivity contribution in [2.24, 2.45) is 5.73 Å². The van der Waals surface area contributed by atoms with Crippen molar-refractivity contribution in [3.05, 3.63) is 66.7 Å². The first-order valence-corrected chi connectivity index (χ1v) is 7.95. The number of ether oxygens (including phenoxy) is 2. The van der Waals surface area contributed by atoms with Crippen LogP contribution in [0.5, 0.6) is 17.2 Å². The quantitative estimate of drug-likeness (QED) is 0.571. The summed E-state index contributed by atoms with van der Waals surface area (Å²) in [5, 5.41) is 2.33. The van der Waals surface area contributed by atoms with Crippen LogP contribution in [0.1, 0.15) is 0 Å². The molecule has 0 amide bonds. The van der Waals surface area contributed by atoms with Gasteiger partial charge in [-0.25, -0.2) is 0 Å². The van der Waals surface area contributed by atoms with Crippen molar-refractivity contribution in [1.29, 1.82) is 0 Å². The van der Waals surface area contributed by atoms with Crippen LogP contribution in [0.2, 0.25) is 0 Å². The van der Waals surface area contributed by atoms with Gasteiger partial charge >= 0.3 is 0 Å². The zero-order chi connectivity index (χ0) is 16.4. The topological polar surface area (TPSA) is 60.3 Å². The number of benzene rings is 3. The Kier molecular flexibility index (Phi) is 3.81. The lowest BCUT2D eigenvalue weighted by molar-refractivity contribution is 0.329. The molecule has 4 nitrogen and oxygen atoms in total. The smallest absolute Gasteiger partial charge is 0.129 e. The van der Waals surface area contributed by atoms with Crippen LogP contribution in [-0.4, -0.2) is 18.1 Å². The number of rotatable bonds is 5. The van der Waals surface area contributed by atoms with Gasteiger partial charge in [-0.05, 0) is 36.4 Å². The second-order valence-electron chi connectivity index (χ2n) is 5.59. The number of fused-ring (bicyclic) bond motifs is 3. The molecular formula is C20H18N2O2. The van der Waals surface area contributed by atoms with Gasteiger partial charge in [0.25, 0.3) is 0 Å². The third-order valence-electron chi connectivity index (χ3n) is 3.91. The van der Waals surface area contributed by atoms with Gasteiger partial charge in [-0.1, -0.05) is 18.2 Å². The van der Waals surface area contributed by atoms with Crippen LogP contribution in [0.3, 0.4) is 0 Å². The highest BCUT2D eigenvalue weighted by Gasteiger charge is 2.07. The molecule has 0 atom stereocenters. The molecule has 0 bridgehead atoms. The van der Waals surface area contributed by atoms with Crippen molar-refractivity contribution in [3.63, 3.8) is 0 Å².